The van der Waals surface area contributed by atoms with Gasteiger partial charge in [0.15, 0.2) is 0 Å². The maximum atomic E-state index is 12.4. The summed E-state index contributed by atoms with van der Waals surface area (Å²) in [5.41, 5.74) is 1.88. The van der Waals surface area contributed by atoms with Crippen molar-refractivity contribution in [1.29, 1.82) is 0 Å². The van der Waals surface area contributed by atoms with E-state index in [0.717, 1.165) is 43.3 Å². The van der Waals surface area contributed by atoms with Crippen molar-refractivity contribution < 1.29 is 14.3 Å². The molecule has 6 heteroatoms. The minimum absolute atomic E-state index is 0.0167. The van der Waals surface area contributed by atoms with Crippen LogP contribution in [-0.2, 0) is 4.79 Å². The van der Waals surface area contributed by atoms with E-state index in [-0.39, 0.29) is 5.91 Å². The number of ether oxygens (including phenoxy) is 2. The average Bonchev–Trinajstić information content (AvgIpc) is 2.70. The first-order valence-electron chi connectivity index (χ1n) is 9.32. The second-order valence-corrected chi connectivity index (χ2v) is 6.44. The number of rotatable bonds is 7. The third-order valence-corrected chi connectivity index (χ3v) is 4.62. The Hall–Kier alpha value is -2.73. The third-order valence-electron chi connectivity index (χ3n) is 4.62. The molecule has 1 amide bonds. The number of para-hydroxylation sites is 2. The number of amides is 1. The number of nitrogens with one attached hydrogen (secondary N) is 1. The molecule has 2 aromatic carbocycles. The van der Waals surface area contributed by atoms with E-state index in [9.17, 15) is 4.79 Å². The van der Waals surface area contributed by atoms with Crippen LogP contribution in [0.3, 0.4) is 0 Å². The highest BCUT2D eigenvalue weighted by Gasteiger charge is 2.20. The van der Waals surface area contributed by atoms with Crippen LogP contribution in [0.2, 0.25) is 0 Å². The van der Waals surface area contributed by atoms with Gasteiger partial charge in [0.1, 0.15) is 11.5 Å². The molecule has 0 aromatic heterocycles. The molecule has 0 atom stereocenters. The van der Waals surface area contributed by atoms with Gasteiger partial charge in [-0.3, -0.25) is 9.69 Å². The maximum absolute atomic E-state index is 12.4. The van der Waals surface area contributed by atoms with Gasteiger partial charge in [0, 0.05) is 37.9 Å². The molecule has 2 aromatic rings. The van der Waals surface area contributed by atoms with E-state index in [1.165, 1.54) is 0 Å². The minimum atomic E-state index is -0.0167. The Morgan fingerprint density at radius 2 is 1.85 bits per heavy atom. The SMILES string of the molecule is CCOc1ccccc1NC(=O)CN1CCN(c2cccc(OC)c2)CC1. The van der Waals surface area contributed by atoms with Crippen LogP contribution in [0.25, 0.3) is 0 Å². The Morgan fingerprint density at radius 3 is 2.59 bits per heavy atom. The van der Waals surface area contributed by atoms with E-state index in [2.05, 4.69) is 21.2 Å². The molecule has 1 aliphatic heterocycles. The summed E-state index contributed by atoms with van der Waals surface area (Å²) in [7, 11) is 1.68. The normalized spacial score (nSPS) is 14.7. The van der Waals surface area contributed by atoms with Crippen molar-refractivity contribution in [2.75, 3.05) is 56.7 Å². The van der Waals surface area contributed by atoms with E-state index in [4.69, 9.17) is 9.47 Å². The summed E-state index contributed by atoms with van der Waals surface area (Å²) in [6.07, 6.45) is 0. The van der Waals surface area contributed by atoms with Crippen molar-refractivity contribution in [3.05, 3.63) is 48.5 Å². The lowest BCUT2D eigenvalue weighted by Gasteiger charge is -2.35. The predicted molar refractivity (Wildman–Crippen MR) is 108 cm³/mol. The molecule has 0 spiro atoms. The zero-order valence-electron chi connectivity index (χ0n) is 16.0. The molecule has 1 heterocycles. The molecule has 0 saturated carbocycles. The van der Waals surface area contributed by atoms with Crippen molar-refractivity contribution >= 4 is 17.3 Å². The van der Waals surface area contributed by atoms with Gasteiger partial charge in [-0.15, -0.1) is 0 Å². The topological polar surface area (TPSA) is 54.0 Å². The molecular formula is C21H27N3O3. The van der Waals surface area contributed by atoms with Gasteiger partial charge in [0.25, 0.3) is 0 Å². The van der Waals surface area contributed by atoms with Crippen molar-refractivity contribution in [3.8, 4) is 11.5 Å². The Kier molecular flexibility index (Phi) is 6.54. The number of piperazine rings is 1. The summed E-state index contributed by atoms with van der Waals surface area (Å²) < 4.78 is 10.9. The summed E-state index contributed by atoms with van der Waals surface area (Å²) >= 11 is 0. The summed E-state index contributed by atoms with van der Waals surface area (Å²) in [6.45, 7) is 6.34. The zero-order chi connectivity index (χ0) is 19.1. The Morgan fingerprint density at radius 1 is 1.07 bits per heavy atom. The highest BCUT2D eigenvalue weighted by atomic mass is 16.5. The van der Waals surface area contributed by atoms with Crippen molar-refractivity contribution in [1.82, 2.24) is 4.90 Å². The van der Waals surface area contributed by atoms with Crippen molar-refractivity contribution in [3.63, 3.8) is 0 Å². The number of hydrogen-bond acceptors (Lipinski definition) is 5. The predicted octanol–water partition coefficient (Wildman–Crippen LogP) is 2.85. The third kappa shape index (κ3) is 5.14. The molecule has 1 N–H and O–H groups in total. The van der Waals surface area contributed by atoms with Gasteiger partial charge in [-0.2, -0.15) is 0 Å². The van der Waals surface area contributed by atoms with Crippen molar-refractivity contribution in [2.24, 2.45) is 0 Å². The molecule has 27 heavy (non-hydrogen) atoms. The Labute approximate surface area is 160 Å². The number of carbonyl (C=O) groups is 1. The van der Waals surface area contributed by atoms with Gasteiger partial charge in [0.2, 0.25) is 5.91 Å². The van der Waals surface area contributed by atoms with Gasteiger partial charge in [-0.05, 0) is 31.2 Å². The lowest BCUT2D eigenvalue weighted by atomic mass is 10.2. The highest BCUT2D eigenvalue weighted by molar-refractivity contribution is 5.93. The molecule has 0 aliphatic carbocycles. The second-order valence-electron chi connectivity index (χ2n) is 6.44. The molecule has 3 rings (SSSR count). The summed E-state index contributed by atoms with van der Waals surface area (Å²) in [4.78, 5) is 16.9. The van der Waals surface area contributed by atoms with E-state index >= 15 is 0 Å². The number of carbonyl (C=O) groups excluding carboxylic acids is 1. The van der Waals surface area contributed by atoms with Gasteiger partial charge in [0.05, 0.1) is 25.9 Å². The lowest BCUT2D eigenvalue weighted by molar-refractivity contribution is -0.117. The molecule has 1 fully saturated rings. The monoisotopic (exact) mass is 369 g/mol. The fourth-order valence-electron chi connectivity index (χ4n) is 3.22. The zero-order valence-corrected chi connectivity index (χ0v) is 16.0. The second kappa shape index (κ2) is 9.28. The molecule has 0 radical (unpaired) electrons. The summed E-state index contributed by atoms with van der Waals surface area (Å²) in [6, 6.07) is 15.6. The average molecular weight is 369 g/mol. The van der Waals surface area contributed by atoms with Crippen LogP contribution in [-0.4, -0.2) is 57.2 Å². The largest absolute Gasteiger partial charge is 0.497 e. The fraction of sp³-hybridized carbons (Fsp3) is 0.381. The number of methoxy groups -OCH3 is 1. The molecular weight excluding hydrogens is 342 g/mol. The van der Waals surface area contributed by atoms with E-state index in [1.54, 1.807) is 7.11 Å². The molecule has 144 valence electrons. The quantitative estimate of drug-likeness (QED) is 0.813. The first kappa shape index (κ1) is 19.0. The number of hydrogen-bond donors (Lipinski definition) is 1. The van der Waals surface area contributed by atoms with Crippen LogP contribution in [0.5, 0.6) is 11.5 Å². The van der Waals surface area contributed by atoms with Crippen LogP contribution in [0.4, 0.5) is 11.4 Å². The first-order chi connectivity index (χ1) is 13.2. The molecule has 1 aliphatic rings. The Balaban J connectivity index is 1.51. The van der Waals surface area contributed by atoms with Gasteiger partial charge in [-0.1, -0.05) is 18.2 Å². The van der Waals surface area contributed by atoms with Crippen LogP contribution >= 0.6 is 0 Å². The standard InChI is InChI=1S/C21H27N3O3/c1-3-27-20-10-5-4-9-19(20)22-21(25)16-23-11-13-24(14-12-23)17-7-6-8-18(15-17)26-2/h4-10,15H,3,11-14,16H2,1-2H3,(H,22,25). The van der Waals surface area contributed by atoms with E-state index in [1.807, 2.05) is 49.4 Å². The van der Waals surface area contributed by atoms with E-state index < -0.39 is 0 Å². The van der Waals surface area contributed by atoms with Crippen molar-refractivity contribution in [2.45, 2.75) is 6.92 Å². The van der Waals surface area contributed by atoms with E-state index in [0.29, 0.717) is 18.9 Å². The summed E-state index contributed by atoms with van der Waals surface area (Å²) in [5.74, 6) is 1.55. The number of nitrogens with zero attached hydrogens (tertiary/aromatic N) is 2. The fourth-order valence-corrected chi connectivity index (χ4v) is 3.22. The van der Waals surface area contributed by atoms with Crippen LogP contribution in [0.15, 0.2) is 48.5 Å². The van der Waals surface area contributed by atoms with Crippen LogP contribution in [0.1, 0.15) is 6.92 Å². The highest BCUT2D eigenvalue weighted by Crippen LogP contribution is 2.24. The Bertz CT molecular complexity index is 758. The van der Waals surface area contributed by atoms with Crippen LogP contribution < -0.4 is 19.7 Å². The molecule has 6 nitrogen and oxygen atoms in total. The summed E-state index contributed by atoms with van der Waals surface area (Å²) in [5, 5.41) is 2.96. The smallest absolute Gasteiger partial charge is 0.238 e. The molecule has 0 bridgehead atoms. The van der Waals surface area contributed by atoms with Gasteiger partial charge in [-0.25, -0.2) is 0 Å². The maximum Gasteiger partial charge on any atom is 0.238 e. The minimum Gasteiger partial charge on any atom is -0.497 e. The van der Waals surface area contributed by atoms with Crippen LogP contribution in [0, 0.1) is 0 Å². The first-order valence-corrected chi connectivity index (χ1v) is 9.32. The number of benzene rings is 2. The van der Waals surface area contributed by atoms with Gasteiger partial charge < -0.3 is 19.7 Å². The molecule has 0 unspecified atom stereocenters. The molecule has 1 saturated heterocycles. The van der Waals surface area contributed by atoms with Gasteiger partial charge >= 0.3 is 0 Å². The lowest BCUT2D eigenvalue weighted by Crippen LogP contribution is -2.48. The number of anilines is 2.